The minimum Gasteiger partial charge on any atom is -0.478 e. The van der Waals surface area contributed by atoms with E-state index in [1.54, 1.807) is 12.1 Å². The first kappa shape index (κ1) is 18.7. The van der Waals surface area contributed by atoms with Crippen LogP contribution in [-0.4, -0.2) is 38.6 Å². The summed E-state index contributed by atoms with van der Waals surface area (Å²) in [6.07, 6.45) is 2.36. The van der Waals surface area contributed by atoms with Crippen LogP contribution in [0.4, 0.5) is 0 Å². The van der Waals surface area contributed by atoms with Crippen molar-refractivity contribution in [3.05, 3.63) is 65.5 Å². The standard InChI is InChI=1S/C23H27N3O2/c1-3-26-20-11-10-17(22(27)28)14-19(20)24-21(26)15-25-13-7-12-23(2,16-25)18-8-5-4-6-9-18/h4-6,8-11,14H,3,7,12-13,15-16H2,1-2H3,(H,27,28). The summed E-state index contributed by atoms with van der Waals surface area (Å²) >= 11 is 0. The maximum atomic E-state index is 11.3. The number of carboxylic acid groups (broad SMARTS) is 1. The summed E-state index contributed by atoms with van der Waals surface area (Å²) in [5, 5.41) is 9.26. The largest absolute Gasteiger partial charge is 0.478 e. The molecule has 1 aliphatic heterocycles. The molecule has 28 heavy (non-hydrogen) atoms. The normalized spacial score (nSPS) is 20.5. The van der Waals surface area contributed by atoms with Gasteiger partial charge in [-0.3, -0.25) is 4.90 Å². The number of benzene rings is 2. The molecule has 1 aromatic heterocycles. The summed E-state index contributed by atoms with van der Waals surface area (Å²) in [6.45, 7) is 8.14. The van der Waals surface area contributed by atoms with Crippen LogP contribution in [0, 0.1) is 0 Å². The number of hydrogen-bond donors (Lipinski definition) is 1. The van der Waals surface area contributed by atoms with Gasteiger partial charge in [0, 0.05) is 18.5 Å². The van der Waals surface area contributed by atoms with Gasteiger partial charge >= 0.3 is 5.97 Å². The van der Waals surface area contributed by atoms with Crippen LogP contribution in [0.1, 0.15) is 48.4 Å². The zero-order valence-electron chi connectivity index (χ0n) is 16.6. The number of fused-ring (bicyclic) bond motifs is 1. The lowest BCUT2D eigenvalue weighted by molar-refractivity contribution is 0.0697. The van der Waals surface area contributed by atoms with Crippen LogP contribution in [0.3, 0.4) is 0 Å². The Morgan fingerprint density at radius 2 is 2.00 bits per heavy atom. The summed E-state index contributed by atoms with van der Waals surface area (Å²) < 4.78 is 2.20. The van der Waals surface area contributed by atoms with Crippen LogP contribution in [0.2, 0.25) is 0 Å². The molecule has 0 radical (unpaired) electrons. The molecule has 1 N–H and O–H groups in total. The Kier molecular flexibility index (Phi) is 4.94. The highest BCUT2D eigenvalue weighted by atomic mass is 16.4. The first-order valence-corrected chi connectivity index (χ1v) is 10.0. The number of hydrogen-bond acceptors (Lipinski definition) is 3. The second-order valence-corrected chi connectivity index (χ2v) is 8.02. The maximum Gasteiger partial charge on any atom is 0.335 e. The maximum absolute atomic E-state index is 11.3. The molecule has 0 aliphatic carbocycles. The Hall–Kier alpha value is -2.66. The van der Waals surface area contributed by atoms with Crippen molar-refractivity contribution >= 4 is 17.0 Å². The lowest BCUT2D eigenvalue weighted by Crippen LogP contribution is -2.44. The van der Waals surface area contributed by atoms with E-state index in [-0.39, 0.29) is 11.0 Å². The molecule has 1 saturated heterocycles. The van der Waals surface area contributed by atoms with Gasteiger partial charge < -0.3 is 9.67 Å². The summed E-state index contributed by atoms with van der Waals surface area (Å²) in [5.41, 5.74) is 3.60. The van der Waals surface area contributed by atoms with Crippen LogP contribution in [0.5, 0.6) is 0 Å². The molecule has 0 saturated carbocycles. The molecular weight excluding hydrogens is 350 g/mol. The molecule has 2 aromatic carbocycles. The number of carboxylic acids is 1. The number of aryl methyl sites for hydroxylation is 1. The first-order valence-electron chi connectivity index (χ1n) is 10.0. The third-order valence-corrected chi connectivity index (χ3v) is 6.00. The highest BCUT2D eigenvalue weighted by Gasteiger charge is 2.33. The molecule has 0 bridgehead atoms. The van der Waals surface area contributed by atoms with Crippen molar-refractivity contribution < 1.29 is 9.90 Å². The molecule has 5 nitrogen and oxygen atoms in total. The molecule has 146 valence electrons. The molecule has 1 atom stereocenters. The van der Waals surface area contributed by atoms with E-state index in [1.165, 1.54) is 18.4 Å². The van der Waals surface area contributed by atoms with Crippen LogP contribution >= 0.6 is 0 Å². The fraction of sp³-hybridized carbons (Fsp3) is 0.391. The zero-order valence-corrected chi connectivity index (χ0v) is 16.6. The van der Waals surface area contributed by atoms with Crippen LogP contribution < -0.4 is 0 Å². The average molecular weight is 377 g/mol. The highest BCUT2D eigenvalue weighted by molar-refractivity contribution is 5.92. The number of carbonyl (C=O) groups is 1. The quantitative estimate of drug-likeness (QED) is 0.720. The molecule has 4 rings (SSSR count). The second kappa shape index (κ2) is 7.40. The van der Waals surface area contributed by atoms with E-state index in [1.807, 2.05) is 6.07 Å². The van der Waals surface area contributed by atoms with Crippen LogP contribution in [0.25, 0.3) is 11.0 Å². The Bertz CT molecular complexity index is 996. The van der Waals surface area contributed by atoms with Gasteiger partial charge in [-0.15, -0.1) is 0 Å². The van der Waals surface area contributed by atoms with Crippen molar-refractivity contribution in [1.29, 1.82) is 0 Å². The van der Waals surface area contributed by atoms with Gasteiger partial charge in [0.15, 0.2) is 0 Å². The van der Waals surface area contributed by atoms with Gasteiger partial charge in [0.05, 0.1) is 23.1 Å². The summed E-state index contributed by atoms with van der Waals surface area (Å²) in [6, 6.07) is 16.0. The van der Waals surface area contributed by atoms with Crippen LogP contribution in [0.15, 0.2) is 48.5 Å². The number of nitrogens with zero attached hydrogens (tertiary/aromatic N) is 3. The topological polar surface area (TPSA) is 58.4 Å². The van der Waals surface area contributed by atoms with Crippen molar-refractivity contribution in [2.75, 3.05) is 13.1 Å². The fourth-order valence-electron chi connectivity index (χ4n) is 4.54. The number of likely N-dealkylation sites (tertiary alicyclic amines) is 1. The van der Waals surface area contributed by atoms with E-state index >= 15 is 0 Å². The Balaban J connectivity index is 1.61. The average Bonchev–Trinajstić information content (AvgIpc) is 3.04. The van der Waals surface area contributed by atoms with Gasteiger partial charge in [-0.25, -0.2) is 9.78 Å². The smallest absolute Gasteiger partial charge is 0.335 e. The number of aromatic nitrogens is 2. The van der Waals surface area contributed by atoms with Crippen molar-refractivity contribution in [3.8, 4) is 0 Å². The minimum absolute atomic E-state index is 0.152. The Morgan fingerprint density at radius 3 is 2.71 bits per heavy atom. The molecule has 1 unspecified atom stereocenters. The van der Waals surface area contributed by atoms with Gasteiger partial charge in [-0.2, -0.15) is 0 Å². The van der Waals surface area contributed by atoms with Gasteiger partial charge in [-0.1, -0.05) is 37.3 Å². The number of piperidine rings is 1. The molecule has 3 aromatic rings. The van der Waals surface area contributed by atoms with E-state index < -0.39 is 5.97 Å². The summed E-state index contributed by atoms with van der Waals surface area (Å²) in [4.78, 5) is 18.6. The van der Waals surface area contributed by atoms with E-state index in [4.69, 9.17) is 4.98 Å². The molecule has 5 heteroatoms. The fourth-order valence-corrected chi connectivity index (χ4v) is 4.54. The number of imidazole rings is 1. The number of aromatic carboxylic acids is 1. The van der Waals surface area contributed by atoms with E-state index in [0.29, 0.717) is 0 Å². The highest BCUT2D eigenvalue weighted by Crippen LogP contribution is 2.34. The van der Waals surface area contributed by atoms with Crippen LogP contribution in [-0.2, 0) is 18.5 Å². The van der Waals surface area contributed by atoms with E-state index in [9.17, 15) is 9.90 Å². The van der Waals surface area contributed by atoms with Gasteiger partial charge in [0.25, 0.3) is 0 Å². The third kappa shape index (κ3) is 3.42. The monoisotopic (exact) mass is 377 g/mol. The minimum atomic E-state index is -0.913. The zero-order chi connectivity index (χ0) is 19.7. The molecular formula is C23H27N3O2. The molecule has 2 heterocycles. The predicted octanol–water partition coefficient (Wildman–Crippen LogP) is 4.31. The third-order valence-electron chi connectivity index (χ3n) is 6.00. The number of rotatable bonds is 5. The summed E-state index contributed by atoms with van der Waals surface area (Å²) in [7, 11) is 0. The first-order chi connectivity index (χ1) is 13.5. The molecule has 0 spiro atoms. The van der Waals surface area contributed by atoms with Crippen molar-refractivity contribution in [2.24, 2.45) is 0 Å². The lowest BCUT2D eigenvalue weighted by Gasteiger charge is -2.41. The SMILES string of the molecule is CCn1c(CN2CCCC(C)(c3ccccc3)C2)nc2cc(C(=O)O)ccc21. The van der Waals surface area contributed by atoms with Gasteiger partial charge in [-0.05, 0) is 50.1 Å². The van der Waals surface area contributed by atoms with E-state index in [0.717, 1.165) is 43.0 Å². The molecule has 1 aliphatic rings. The van der Waals surface area contributed by atoms with Crippen molar-refractivity contribution in [1.82, 2.24) is 14.5 Å². The summed E-state index contributed by atoms with van der Waals surface area (Å²) in [5.74, 6) is 0.0986. The van der Waals surface area contributed by atoms with Gasteiger partial charge in [0.2, 0.25) is 0 Å². The second-order valence-electron chi connectivity index (χ2n) is 8.02. The van der Waals surface area contributed by atoms with Crippen molar-refractivity contribution in [3.63, 3.8) is 0 Å². The predicted molar refractivity (Wildman–Crippen MR) is 111 cm³/mol. The Morgan fingerprint density at radius 1 is 1.21 bits per heavy atom. The molecule has 1 fully saturated rings. The molecule has 0 amide bonds. The lowest BCUT2D eigenvalue weighted by atomic mass is 9.76. The van der Waals surface area contributed by atoms with E-state index in [2.05, 4.69) is 53.6 Å². The van der Waals surface area contributed by atoms with Crippen molar-refractivity contribution in [2.45, 2.75) is 45.2 Å². The van der Waals surface area contributed by atoms with Gasteiger partial charge in [0.1, 0.15) is 5.82 Å². The Labute approximate surface area is 165 Å².